The van der Waals surface area contributed by atoms with Crippen molar-refractivity contribution in [2.75, 3.05) is 22.5 Å². The molecule has 0 saturated carbocycles. The van der Waals surface area contributed by atoms with Gasteiger partial charge in [-0.15, -0.1) is 0 Å². The fourth-order valence-electron chi connectivity index (χ4n) is 2.61. The highest BCUT2D eigenvalue weighted by Gasteiger charge is 2.29. The third-order valence-corrected chi connectivity index (χ3v) is 5.47. The van der Waals surface area contributed by atoms with Crippen molar-refractivity contribution < 1.29 is 27.1 Å². The van der Waals surface area contributed by atoms with Crippen molar-refractivity contribution in [1.29, 1.82) is 0 Å². The molecule has 0 aliphatic heterocycles. The van der Waals surface area contributed by atoms with Gasteiger partial charge < -0.3 is 10.1 Å². The minimum Gasteiger partial charge on any atom is -0.462 e. The molecule has 10 heteroatoms. The first-order valence-electron chi connectivity index (χ1n) is 8.57. The molecule has 0 saturated heterocycles. The van der Waals surface area contributed by atoms with E-state index in [4.69, 9.17) is 16.3 Å². The summed E-state index contributed by atoms with van der Waals surface area (Å²) >= 11 is 6.00. The monoisotopic (exact) mass is 442 g/mol. The van der Waals surface area contributed by atoms with Crippen LogP contribution in [0.15, 0.2) is 42.5 Å². The molecule has 1 amide bonds. The lowest BCUT2D eigenvalue weighted by Crippen LogP contribution is -2.45. The van der Waals surface area contributed by atoms with Crippen LogP contribution in [0.4, 0.5) is 15.8 Å². The lowest BCUT2D eigenvalue weighted by atomic mass is 10.2. The Balaban J connectivity index is 2.29. The normalized spacial score (nSPS) is 12.2. The van der Waals surface area contributed by atoms with Gasteiger partial charge in [0.2, 0.25) is 15.9 Å². The summed E-state index contributed by atoms with van der Waals surface area (Å²) in [5, 5.41) is 2.71. The Morgan fingerprint density at radius 1 is 1.21 bits per heavy atom. The van der Waals surface area contributed by atoms with Crippen molar-refractivity contribution in [3.05, 3.63) is 58.9 Å². The van der Waals surface area contributed by atoms with Crippen LogP contribution in [-0.4, -0.2) is 39.2 Å². The van der Waals surface area contributed by atoms with E-state index < -0.39 is 33.8 Å². The Hall–Kier alpha value is -2.65. The minimum atomic E-state index is -3.85. The van der Waals surface area contributed by atoms with E-state index in [-0.39, 0.29) is 28.6 Å². The Morgan fingerprint density at radius 3 is 2.38 bits per heavy atom. The second-order valence-electron chi connectivity index (χ2n) is 6.12. The topological polar surface area (TPSA) is 92.8 Å². The smallest absolute Gasteiger partial charge is 0.339 e. The van der Waals surface area contributed by atoms with Crippen LogP contribution >= 0.6 is 11.6 Å². The second-order valence-corrected chi connectivity index (χ2v) is 8.38. The van der Waals surface area contributed by atoms with Crippen molar-refractivity contribution in [2.24, 2.45) is 0 Å². The quantitative estimate of drug-likeness (QED) is 0.663. The van der Waals surface area contributed by atoms with E-state index in [1.54, 1.807) is 6.92 Å². The minimum absolute atomic E-state index is 0.0671. The average Bonchev–Trinajstić information content (AvgIpc) is 2.64. The van der Waals surface area contributed by atoms with Gasteiger partial charge in [-0.25, -0.2) is 17.6 Å². The molecule has 0 heterocycles. The largest absolute Gasteiger partial charge is 0.462 e. The molecule has 0 spiro atoms. The number of benzene rings is 2. The van der Waals surface area contributed by atoms with E-state index in [2.05, 4.69) is 5.32 Å². The van der Waals surface area contributed by atoms with Gasteiger partial charge in [0.25, 0.3) is 0 Å². The van der Waals surface area contributed by atoms with Crippen LogP contribution in [0.25, 0.3) is 0 Å². The maximum Gasteiger partial charge on any atom is 0.339 e. The Kier molecular flexibility index (Phi) is 7.21. The van der Waals surface area contributed by atoms with Gasteiger partial charge in [-0.2, -0.15) is 0 Å². The van der Waals surface area contributed by atoms with Crippen molar-refractivity contribution in [3.8, 4) is 0 Å². The lowest BCUT2D eigenvalue weighted by molar-refractivity contribution is -0.116. The number of ether oxygens (including phenoxy) is 1. The molecule has 0 bridgehead atoms. The molecule has 0 aliphatic carbocycles. The molecule has 0 aliphatic rings. The second kappa shape index (κ2) is 9.23. The molecule has 2 aromatic rings. The molecular weight excluding hydrogens is 423 g/mol. The zero-order valence-electron chi connectivity index (χ0n) is 16.0. The predicted octanol–water partition coefficient (Wildman–Crippen LogP) is 3.45. The molecule has 0 fully saturated rings. The summed E-state index contributed by atoms with van der Waals surface area (Å²) in [5.41, 5.74) is 0.444. The summed E-state index contributed by atoms with van der Waals surface area (Å²) < 4.78 is 43.5. The van der Waals surface area contributed by atoms with E-state index in [0.717, 1.165) is 22.7 Å². The third kappa shape index (κ3) is 5.68. The lowest BCUT2D eigenvalue weighted by Gasteiger charge is -2.28. The first kappa shape index (κ1) is 22.6. The van der Waals surface area contributed by atoms with Gasteiger partial charge in [-0.05, 0) is 56.3 Å². The van der Waals surface area contributed by atoms with Crippen molar-refractivity contribution >= 4 is 44.9 Å². The fourth-order valence-corrected chi connectivity index (χ4v) is 3.98. The van der Waals surface area contributed by atoms with Crippen molar-refractivity contribution in [2.45, 2.75) is 19.9 Å². The number of nitrogens with one attached hydrogen (secondary N) is 1. The van der Waals surface area contributed by atoms with Gasteiger partial charge in [0, 0.05) is 5.69 Å². The number of hydrogen-bond donors (Lipinski definition) is 1. The predicted molar refractivity (Wildman–Crippen MR) is 109 cm³/mol. The van der Waals surface area contributed by atoms with Crippen LogP contribution in [0.3, 0.4) is 0 Å². The van der Waals surface area contributed by atoms with E-state index in [1.807, 2.05) is 0 Å². The molecule has 2 rings (SSSR count). The Labute approximate surface area is 173 Å². The Bertz CT molecular complexity index is 1010. The SMILES string of the molecule is CCOC(=O)c1cc(NC(=O)[C@@H](C)N(c2ccc(F)cc2)S(C)(=O)=O)ccc1Cl. The van der Waals surface area contributed by atoms with Crippen LogP contribution in [0.5, 0.6) is 0 Å². The number of carbonyl (C=O) groups excluding carboxylic acids is 2. The molecule has 1 N–H and O–H groups in total. The van der Waals surface area contributed by atoms with Crippen LogP contribution in [0.2, 0.25) is 5.02 Å². The zero-order valence-corrected chi connectivity index (χ0v) is 17.6. The number of halogens is 2. The van der Waals surface area contributed by atoms with E-state index in [9.17, 15) is 22.4 Å². The summed E-state index contributed by atoms with van der Waals surface area (Å²) in [4.78, 5) is 24.6. The van der Waals surface area contributed by atoms with Gasteiger partial charge in [0.15, 0.2) is 0 Å². The van der Waals surface area contributed by atoms with Gasteiger partial charge in [-0.1, -0.05) is 11.6 Å². The number of anilines is 2. The highest BCUT2D eigenvalue weighted by molar-refractivity contribution is 7.92. The first-order valence-corrected chi connectivity index (χ1v) is 10.8. The fraction of sp³-hybridized carbons (Fsp3) is 0.263. The Morgan fingerprint density at radius 2 is 1.83 bits per heavy atom. The molecular formula is C19H20ClFN2O5S. The zero-order chi connectivity index (χ0) is 21.8. The van der Waals surface area contributed by atoms with E-state index >= 15 is 0 Å². The highest BCUT2D eigenvalue weighted by atomic mass is 35.5. The molecule has 0 unspecified atom stereocenters. The van der Waals surface area contributed by atoms with Crippen LogP contribution in [0.1, 0.15) is 24.2 Å². The standard InChI is InChI=1S/C19H20ClFN2O5S/c1-4-28-19(25)16-11-14(7-10-17(16)20)22-18(24)12(2)23(29(3,26)27)15-8-5-13(21)6-9-15/h5-12H,4H2,1-3H3,(H,22,24)/t12-/m1/s1. The van der Waals surface area contributed by atoms with Crippen LogP contribution in [0, 0.1) is 5.82 Å². The third-order valence-electron chi connectivity index (χ3n) is 3.90. The maximum atomic E-state index is 13.2. The molecule has 0 aromatic heterocycles. The summed E-state index contributed by atoms with van der Waals surface area (Å²) in [6, 6.07) is 7.81. The number of nitrogens with zero attached hydrogens (tertiary/aromatic N) is 1. The summed E-state index contributed by atoms with van der Waals surface area (Å²) in [6.07, 6.45) is 0.946. The number of sulfonamides is 1. The summed E-state index contributed by atoms with van der Waals surface area (Å²) in [5.74, 6) is -1.84. The van der Waals surface area contributed by atoms with Gasteiger partial charge in [0.1, 0.15) is 11.9 Å². The van der Waals surface area contributed by atoms with Gasteiger partial charge in [-0.3, -0.25) is 9.10 Å². The number of carbonyl (C=O) groups is 2. The maximum absolute atomic E-state index is 13.2. The number of hydrogen-bond acceptors (Lipinski definition) is 5. The van der Waals surface area contributed by atoms with Gasteiger partial charge >= 0.3 is 5.97 Å². The highest BCUT2D eigenvalue weighted by Crippen LogP contribution is 2.24. The molecule has 29 heavy (non-hydrogen) atoms. The molecule has 1 atom stereocenters. The molecule has 156 valence electrons. The molecule has 0 radical (unpaired) electrons. The molecule has 7 nitrogen and oxygen atoms in total. The number of amides is 1. The first-order chi connectivity index (χ1) is 13.5. The van der Waals surface area contributed by atoms with Crippen LogP contribution in [-0.2, 0) is 19.6 Å². The van der Waals surface area contributed by atoms with Crippen LogP contribution < -0.4 is 9.62 Å². The van der Waals surface area contributed by atoms with Gasteiger partial charge in [0.05, 0.1) is 29.1 Å². The average molecular weight is 443 g/mol. The summed E-state index contributed by atoms with van der Waals surface area (Å²) in [7, 11) is -3.85. The van der Waals surface area contributed by atoms with E-state index in [0.29, 0.717) is 0 Å². The van der Waals surface area contributed by atoms with Crippen molar-refractivity contribution in [1.82, 2.24) is 0 Å². The van der Waals surface area contributed by atoms with E-state index in [1.165, 1.54) is 37.3 Å². The summed E-state index contributed by atoms with van der Waals surface area (Å²) in [6.45, 7) is 3.19. The van der Waals surface area contributed by atoms with Crippen molar-refractivity contribution in [3.63, 3.8) is 0 Å². The number of rotatable bonds is 7. The number of esters is 1. The molecule has 2 aromatic carbocycles.